The van der Waals surface area contributed by atoms with Crippen molar-refractivity contribution in [2.75, 3.05) is 31.1 Å². The third-order valence-corrected chi connectivity index (χ3v) is 6.20. The molecule has 0 aromatic carbocycles. The molecule has 1 fully saturated rings. The Morgan fingerprint density at radius 3 is 2.63 bits per heavy atom. The Balaban J connectivity index is 1.38. The highest BCUT2D eigenvalue weighted by Crippen LogP contribution is 2.24. The molecule has 1 aliphatic heterocycles. The van der Waals surface area contributed by atoms with Gasteiger partial charge < -0.3 is 9.80 Å². The summed E-state index contributed by atoms with van der Waals surface area (Å²) >= 11 is 2.86. The van der Waals surface area contributed by atoms with Crippen LogP contribution in [0.1, 0.15) is 28.7 Å². The maximum Gasteiger partial charge on any atom is 0.267 e. The monoisotopic (exact) mass is 400 g/mol. The maximum absolute atomic E-state index is 12.8. The molecule has 1 amide bonds. The zero-order valence-electron chi connectivity index (χ0n) is 15.0. The van der Waals surface area contributed by atoms with Crippen LogP contribution in [0.15, 0.2) is 29.6 Å². The summed E-state index contributed by atoms with van der Waals surface area (Å²) in [4.78, 5) is 18.6. The minimum Gasteiger partial charge on any atom is -0.352 e. The van der Waals surface area contributed by atoms with Crippen molar-refractivity contribution >= 4 is 34.6 Å². The molecule has 3 aromatic rings. The first kappa shape index (κ1) is 18.0. The van der Waals surface area contributed by atoms with E-state index in [1.165, 1.54) is 11.5 Å². The molecule has 4 rings (SSSR count). The quantitative estimate of drug-likeness (QED) is 0.655. The molecule has 140 valence electrons. The van der Waals surface area contributed by atoms with Gasteiger partial charge in [-0.2, -0.15) is 0 Å². The van der Waals surface area contributed by atoms with Crippen LogP contribution >= 0.6 is 22.9 Å². The van der Waals surface area contributed by atoms with Gasteiger partial charge in [0.1, 0.15) is 10.6 Å². The van der Waals surface area contributed by atoms with Crippen LogP contribution in [0.25, 0.3) is 10.6 Å². The number of carbonyl (C=O) groups excluding carboxylic acids is 1. The van der Waals surface area contributed by atoms with E-state index in [9.17, 15) is 4.79 Å². The lowest BCUT2D eigenvalue weighted by atomic mass is 10.2. The fraction of sp³-hybridized carbons (Fsp3) is 0.389. The van der Waals surface area contributed by atoms with Crippen LogP contribution in [0.2, 0.25) is 0 Å². The number of nitrogens with zero attached hydrogens (tertiary/aromatic N) is 6. The molecule has 0 aliphatic carbocycles. The molecule has 7 nitrogen and oxygen atoms in total. The molecular weight excluding hydrogens is 380 g/mol. The highest BCUT2D eigenvalue weighted by atomic mass is 32.1. The average molecular weight is 401 g/mol. The number of rotatable bonds is 5. The molecule has 1 saturated heterocycles. The maximum atomic E-state index is 12.8. The highest BCUT2D eigenvalue weighted by molar-refractivity contribution is 7.13. The molecule has 0 radical (unpaired) electrons. The number of thiophene rings is 1. The van der Waals surface area contributed by atoms with Gasteiger partial charge in [0.15, 0.2) is 5.82 Å². The molecule has 0 spiro atoms. The van der Waals surface area contributed by atoms with Crippen LogP contribution in [0, 0.1) is 0 Å². The molecule has 4 heterocycles. The molecule has 27 heavy (non-hydrogen) atoms. The number of hydrogen-bond acceptors (Lipinski definition) is 8. The van der Waals surface area contributed by atoms with Crippen LogP contribution in [-0.2, 0) is 6.42 Å². The summed E-state index contributed by atoms with van der Waals surface area (Å²) in [6.45, 7) is 4.90. The van der Waals surface area contributed by atoms with E-state index < -0.39 is 0 Å². The van der Waals surface area contributed by atoms with E-state index in [0.29, 0.717) is 18.0 Å². The number of amides is 1. The van der Waals surface area contributed by atoms with Crippen molar-refractivity contribution in [1.82, 2.24) is 24.7 Å². The van der Waals surface area contributed by atoms with Crippen molar-refractivity contribution in [1.29, 1.82) is 0 Å². The van der Waals surface area contributed by atoms with Crippen molar-refractivity contribution < 1.29 is 4.79 Å². The summed E-state index contributed by atoms with van der Waals surface area (Å²) in [5, 5.41) is 14.9. The lowest BCUT2D eigenvalue weighted by Crippen LogP contribution is -2.49. The van der Waals surface area contributed by atoms with Crippen LogP contribution in [0.5, 0.6) is 0 Å². The first-order valence-corrected chi connectivity index (χ1v) is 10.6. The van der Waals surface area contributed by atoms with E-state index in [-0.39, 0.29) is 5.91 Å². The second kappa shape index (κ2) is 8.10. The van der Waals surface area contributed by atoms with Crippen molar-refractivity contribution in [2.45, 2.75) is 19.8 Å². The number of aromatic nitrogens is 4. The van der Waals surface area contributed by atoms with Crippen LogP contribution in [0.4, 0.5) is 5.82 Å². The second-order valence-electron chi connectivity index (χ2n) is 6.33. The number of anilines is 1. The molecule has 1 aliphatic rings. The van der Waals surface area contributed by atoms with Gasteiger partial charge in [-0.3, -0.25) is 4.79 Å². The standard InChI is InChI=1S/C18H20N6OS2/c1-2-4-14-17(27-22-20-14)18(25)24-10-8-23(9-11-24)16-7-6-13(19-21-16)15-5-3-12-26-15/h3,5-7,12H,2,4,8-11H2,1H3. The van der Waals surface area contributed by atoms with E-state index in [0.717, 1.165) is 48.0 Å². The number of aryl methyl sites for hydroxylation is 1. The fourth-order valence-corrected chi connectivity index (χ4v) is 4.47. The smallest absolute Gasteiger partial charge is 0.267 e. The molecule has 0 N–H and O–H groups in total. The topological polar surface area (TPSA) is 75.1 Å². The fourth-order valence-electron chi connectivity index (χ4n) is 3.10. The number of carbonyl (C=O) groups is 1. The minimum atomic E-state index is 0.0484. The average Bonchev–Trinajstić information content (AvgIpc) is 3.40. The molecule has 3 aromatic heterocycles. The summed E-state index contributed by atoms with van der Waals surface area (Å²) in [5.74, 6) is 0.903. The van der Waals surface area contributed by atoms with Crippen molar-refractivity contribution in [3.63, 3.8) is 0 Å². The Hall–Kier alpha value is -2.39. The molecule has 0 unspecified atom stereocenters. The van der Waals surface area contributed by atoms with E-state index in [4.69, 9.17) is 0 Å². The summed E-state index contributed by atoms with van der Waals surface area (Å²) in [7, 11) is 0. The third kappa shape index (κ3) is 3.84. The van der Waals surface area contributed by atoms with Gasteiger partial charge in [-0.1, -0.05) is 23.9 Å². The summed E-state index contributed by atoms with van der Waals surface area (Å²) < 4.78 is 3.96. The third-order valence-electron chi connectivity index (χ3n) is 4.55. The Labute approximate surface area is 165 Å². The van der Waals surface area contributed by atoms with Gasteiger partial charge >= 0.3 is 0 Å². The molecule has 0 saturated carbocycles. The van der Waals surface area contributed by atoms with Gasteiger partial charge in [0, 0.05) is 26.2 Å². The summed E-state index contributed by atoms with van der Waals surface area (Å²) in [5.41, 5.74) is 1.72. The van der Waals surface area contributed by atoms with Gasteiger partial charge in [-0.15, -0.1) is 26.6 Å². The van der Waals surface area contributed by atoms with Gasteiger partial charge in [0.05, 0.1) is 10.6 Å². The SMILES string of the molecule is CCCc1nnsc1C(=O)N1CCN(c2ccc(-c3cccs3)nn2)CC1. The molecule has 9 heteroatoms. The summed E-state index contributed by atoms with van der Waals surface area (Å²) in [6, 6.07) is 8.06. The van der Waals surface area contributed by atoms with Crippen LogP contribution < -0.4 is 4.90 Å². The van der Waals surface area contributed by atoms with Gasteiger partial charge in [-0.05, 0) is 41.5 Å². The summed E-state index contributed by atoms with van der Waals surface area (Å²) in [6.07, 6.45) is 1.75. The predicted octanol–water partition coefficient (Wildman–Crippen LogP) is 2.97. The molecular formula is C18H20N6OS2. The van der Waals surface area contributed by atoms with Gasteiger partial charge in [0.25, 0.3) is 5.91 Å². The Morgan fingerprint density at radius 2 is 1.96 bits per heavy atom. The van der Waals surface area contributed by atoms with E-state index in [1.54, 1.807) is 11.3 Å². The Kier molecular flexibility index (Phi) is 5.40. The highest BCUT2D eigenvalue weighted by Gasteiger charge is 2.26. The molecule has 0 atom stereocenters. The van der Waals surface area contributed by atoms with Crippen molar-refractivity contribution in [3.05, 3.63) is 40.2 Å². The van der Waals surface area contributed by atoms with E-state index >= 15 is 0 Å². The Bertz CT molecular complexity index is 885. The van der Waals surface area contributed by atoms with Crippen molar-refractivity contribution in [2.24, 2.45) is 0 Å². The van der Waals surface area contributed by atoms with Gasteiger partial charge in [0.2, 0.25) is 0 Å². The van der Waals surface area contributed by atoms with Crippen LogP contribution in [0.3, 0.4) is 0 Å². The normalized spacial score (nSPS) is 14.6. The minimum absolute atomic E-state index is 0.0484. The largest absolute Gasteiger partial charge is 0.352 e. The Morgan fingerprint density at radius 1 is 1.11 bits per heavy atom. The number of hydrogen-bond donors (Lipinski definition) is 0. The zero-order valence-corrected chi connectivity index (χ0v) is 16.7. The van der Waals surface area contributed by atoms with Gasteiger partial charge in [-0.25, -0.2) is 0 Å². The second-order valence-corrected chi connectivity index (χ2v) is 8.03. The van der Waals surface area contributed by atoms with Crippen LogP contribution in [-0.4, -0.2) is 56.8 Å². The zero-order chi connectivity index (χ0) is 18.6. The van der Waals surface area contributed by atoms with E-state index in [1.807, 2.05) is 34.5 Å². The lowest BCUT2D eigenvalue weighted by molar-refractivity contribution is 0.0750. The van der Waals surface area contributed by atoms with Crippen molar-refractivity contribution in [3.8, 4) is 10.6 Å². The number of piperazine rings is 1. The van der Waals surface area contributed by atoms with E-state index in [2.05, 4.69) is 31.6 Å². The first-order chi connectivity index (χ1) is 13.3. The predicted molar refractivity (Wildman–Crippen MR) is 107 cm³/mol. The molecule has 0 bridgehead atoms. The lowest BCUT2D eigenvalue weighted by Gasteiger charge is -2.35. The first-order valence-electron chi connectivity index (χ1n) is 8.99.